The number of nitrogens with one attached hydrogen (secondary N) is 2. The molecule has 1 rings (SSSR count). The third kappa shape index (κ3) is 12.4. The summed E-state index contributed by atoms with van der Waals surface area (Å²) in [7, 11) is 0. The molecule has 1 aromatic carbocycles. The smallest absolute Gasteiger partial charge is 0.191 e. The van der Waals surface area contributed by atoms with Crippen LogP contribution in [-0.2, 0) is 0 Å². The van der Waals surface area contributed by atoms with Crippen LogP contribution in [-0.4, -0.2) is 43.9 Å². The standard InChI is InChI=1S/C20H35N3O2.HI/c1-3-10-18(13-15-24)17-23-20(21-4-2)22-14-8-9-16-25-19-11-6-5-7-12-19;/h5-7,11-12,18,24H,3-4,8-10,13-17H2,1-2H3,(H2,21,22,23);1H. The Morgan fingerprint density at radius 3 is 2.54 bits per heavy atom. The van der Waals surface area contributed by atoms with E-state index < -0.39 is 0 Å². The van der Waals surface area contributed by atoms with Gasteiger partial charge in [-0.25, -0.2) is 0 Å². The molecule has 0 radical (unpaired) electrons. The van der Waals surface area contributed by atoms with Crippen molar-refractivity contribution in [1.82, 2.24) is 10.6 Å². The Labute approximate surface area is 176 Å². The monoisotopic (exact) mass is 477 g/mol. The molecule has 150 valence electrons. The van der Waals surface area contributed by atoms with Crippen molar-refractivity contribution in [1.29, 1.82) is 0 Å². The van der Waals surface area contributed by atoms with Crippen molar-refractivity contribution in [3.63, 3.8) is 0 Å². The molecule has 0 aliphatic carbocycles. The first kappa shape index (κ1) is 25.0. The second-order valence-corrected chi connectivity index (χ2v) is 6.18. The van der Waals surface area contributed by atoms with Crippen LogP contribution >= 0.6 is 24.0 Å². The van der Waals surface area contributed by atoms with Crippen LogP contribution in [0.1, 0.15) is 46.0 Å². The fourth-order valence-electron chi connectivity index (χ4n) is 2.62. The van der Waals surface area contributed by atoms with Gasteiger partial charge in [-0.05, 0) is 50.7 Å². The first-order chi connectivity index (χ1) is 12.3. The molecule has 0 aliphatic rings. The zero-order chi connectivity index (χ0) is 18.2. The van der Waals surface area contributed by atoms with Gasteiger partial charge in [-0.15, -0.1) is 24.0 Å². The van der Waals surface area contributed by atoms with Gasteiger partial charge in [0.1, 0.15) is 5.75 Å². The lowest BCUT2D eigenvalue weighted by Crippen LogP contribution is -2.38. The maximum Gasteiger partial charge on any atom is 0.191 e. The molecule has 0 saturated heterocycles. The summed E-state index contributed by atoms with van der Waals surface area (Å²) < 4.78 is 5.70. The number of ether oxygens (including phenoxy) is 1. The van der Waals surface area contributed by atoms with E-state index in [-0.39, 0.29) is 30.6 Å². The maximum absolute atomic E-state index is 9.15. The van der Waals surface area contributed by atoms with Crippen LogP contribution in [0.4, 0.5) is 0 Å². The molecule has 1 atom stereocenters. The Bertz CT molecular complexity index is 452. The fraction of sp³-hybridized carbons (Fsp3) is 0.650. The molecule has 1 unspecified atom stereocenters. The summed E-state index contributed by atoms with van der Waals surface area (Å²) >= 11 is 0. The normalized spacial score (nSPS) is 12.2. The van der Waals surface area contributed by atoms with Gasteiger partial charge in [-0.3, -0.25) is 4.99 Å². The van der Waals surface area contributed by atoms with Crippen LogP contribution in [0.25, 0.3) is 0 Å². The lowest BCUT2D eigenvalue weighted by Gasteiger charge is -2.15. The molecule has 0 saturated carbocycles. The van der Waals surface area contributed by atoms with E-state index in [1.807, 2.05) is 30.3 Å². The summed E-state index contributed by atoms with van der Waals surface area (Å²) in [4.78, 5) is 4.67. The fourth-order valence-corrected chi connectivity index (χ4v) is 2.62. The molecule has 5 nitrogen and oxygen atoms in total. The summed E-state index contributed by atoms with van der Waals surface area (Å²) in [6.07, 6.45) is 5.11. The number of unbranched alkanes of at least 4 members (excludes halogenated alkanes) is 1. The second kappa shape index (κ2) is 17.4. The van der Waals surface area contributed by atoms with E-state index in [9.17, 15) is 0 Å². The number of aliphatic imine (C=N–C) groups is 1. The Morgan fingerprint density at radius 1 is 1.12 bits per heavy atom. The SMILES string of the molecule is CCCC(CCO)CN=C(NCC)NCCCCOc1ccccc1.I. The highest BCUT2D eigenvalue weighted by atomic mass is 127. The predicted octanol–water partition coefficient (Wildman–Crippen LogP) is 3.82. The lowest BCUT2D eigenvalue weighted by atomic mass is 10.0. The highest BCUT2D eigenvalue weighted by Gasteiger charge is 2.07. The van der Waals surface area contributed by atoms with Crippen LogP contribution in [0.15, 0.2) is 35.3 Å². The summed E-state index contributed by atoms with van der Waals surface area (Å²) in [5, 5.41) is 15.8. The topological polar surface area (TPSA) is 65.9 Å². The number of aliphatic hydroxyl groups is 1. The van der Waals surface area contributed by atoms with Crippen molar-refractivity contribution in [3.8, 4) is 5.75 Å². The minimum atomic E-state index is 0. The number of hydrogen-bond acceptors (Lipinski definition) is 3. The largest absolute Gasteiger partial charge is 0.494 e. The van der Waals surface area contributed by atoms with E-state index in [1.165, 1.54) is 0 Å². The van der Waals surface area contributed by atoms with Gasteiger partial charge in [0.25, 0.3) is 0 Å². The summed E-state index contributed by atoms with van der Waals surface area (Å²) in [6.45, 7) is 7.71. The van der Waals surface area contributed by atoms with Crippen molar-refractivity contribution in [2.75, 3.05) is 32.8 Å². The number of hydrogen-bond donors (Lipinski definition) is 3. The third-order valence-electron chi connectivity index (χ3n) is 3.96. The number of halogens is 1. The predicted molar refractivity (Wildman–Crippen MR) is 121 cm³/mol. The molecular formula is C20H36IN3O2. The number of para-hydroxylation sites is 1. The van der Waals surface area contributed by atoms with Gasteiger partial charge in [-0.2, -0.15) is 0 Å². The molecule has 1 aromatic rings. The number of aliphatic hydroxyl groups excluding tert-OH is 1. The van der Waals surface area contributed by atoms with E-state index in [4.69, 9.17) is 9.84 Å². The first-order valence-electron chi connectivity index (χ1n) is 9.61. The Balaban J connectivity index is 0.00000625. The van der Waals surface area contributed by atoms with Crippen LogP contribution in [0, 0.1) is 5.92 Å². The van der Waals surface area contributed by atoms with Crippen LogP contribution in [0.3, 0.4) is 0 Å². The number of rotatable bonds is 13. The van der Waals surface area contributed by atoms with Crippen molar-refractivity contribution in [3.05, 3.63) is 30.3 Å². The third-order valence-corrected chi connectivity index (χ3v) is 3.96. The van der Waals surface area contributed by atoms with Gasteiger partial charge in [0.05, 0.1) is 6.61 Å². The lowest BCUT2D eigenvalue weighted by molar-refractivity contribution is 0.253. The molecule has 0 fully saturated rings. The van der Waals surface area contributed by atoms with E-state index in [0.29, 0.717) is 5.92 Å². The Kier molecular flexibility index (Phi) is 16.7. The zero-order valence-corrected chi connectivity index (χ0v) is 18.6. The maximum atomic E-state index is 9.15. The molecule has 0 spiro atoms. The van der Waals surface area contributed by atoms with E-state index >= 15 is 0 Å². The first-order valence-corrected chi connectivity index (χ1v) is 9.61. The molecule has 26 heavy (non-hydrogen) atoms. The molecule has 3 N–H and O–H groups in total. The van der Waals surface area contributed by atoms with Crippen molar-refractivity contribution in [2.45, 2.75) is 46.0 Å². The highest BCUT2D eigenvalue weighted by molar-refractivity contribution is 14.0. The van der Waals surface area contributed by atoms with Crippen molar-refractivity contribution >= 4 is 29.9 Å². The highest BCUT2D eigenvalue weighted by Crippen LogP contribution is 2.11. The minimum Gasteiger partial charge on any atom is -0.494 e. The van der Waals surface area contributed by atoms with E-state index in [1.54, 1.807) is 0 Å². The van der Waals surface area contributed by atoms with Gasteiger partial charge in [0.15, 0.2) is 5.96 Å². The molecule has 0 amide bonds. The van der Waals surface area contributed by atoms with Crippen LogP contribution in [0.2, 0.25) is 0 Å². The van der Waals surface area contributed by atoms with Crippen LogP contribution in [0.5, 0.6) is 5.75 Å². The minimum absolute atomic E-state index is 0. The molecule has 0 bridgehead atoms. The average Bonchev–Trinajstić information content (AvgIpc) is 2.63. The molecule has 0 aromatic heterocycles. The van der Waals surface area contributed by atoms with Gasteiger partial charge in [0, 0.05) is 26.2 Å². The molecule has 0 heterocycles. The van der Waals surface area contributed by atoms with Crippen molar-refractivity contribution < 1.29 is 9.84 Å². The average molecular weight is 477 g/mol. The number of benzene rings is 1. The van der Waals surface area contributed by atoms with Gasteiger partial charge < -0.3 is 20.5 Å². The van der Waals surface area contributed by atoms with Gasteiger partial charge in [-0.1, -0.05) is 31.5 Å². The van der Waals surface area contributed by atoms with Gasteiger partial charge in [0.2, 0.25) is 0 Å². The zero-order valence-electron chi connectivity index (χ0n) is 16.2. The van der Waals surface area contributed by atoms with Crippen LogP contribution < -0.4 is 15.4 Å². The molecule has 0 aliphatic heterocycles. The number of guanidine groups is 1. The second-order valence-electron chi connectivity index (χ2n) is 6.18. The van der Waals surface area contributed by atoms with E-state index in [0.717, 1.165) is 70.1 Å². The quantitative estimate of drug-likeness (QED) is 0.175. The van der Waals surface area contributed by atoms with Gasteiger partial charge >= 0.3 is 0 Å². The Morgan fingerprint density at radius 2 is 1.88 bits per heavy atom. The molecular weight excluding hydrogens is 441 g/mol. The molecule has 6 heteroatoms. The summed E-state index contributed by atoms with van der Waals surface area (Å²) in [5.41, 5.74) is 0. The Hall–Kier alpha value is -1.02. The number of nitrogens with zero attached hydrogens (tertiary/aromatic N) is 1. The summed E-state index contributed by atoms with van der Waals surface area (Å²) in [6, 6.07) is 9.92. The van der Waals surface area contributed by atoms with Crippen molar-refractivity contribution in [2.24, 2.45) is 10.9 Å². The van der Waals surface area contributed by atoms with E-state index in [2.05, 4.69) is 29.5 Å². The summed E-state index contributed by atoms with van der Waals surface area (Å²) in [5.74, 6) is 2.26.